The molecule has 0 aliphatic carbocycles. The number of aryl methyl sites for hydroxylation is 1. The first kappa shape index (κ1) is 9.33. The summed E-state index contributed by atoms with van der Waals surface area (Å²) in [7, 11) is 1.44. The van der Waals surface area contributed by atoms with Gasteiger partial charge in [0.05, 0.1) is 5.76 Å². The van der Waals surface area contributed by atoms with Gasteiger partial charge in [-0.3, -0.25) is 4.68 Å². The standard InChI is InChI=1S/C9H13BN2O2/c1-7-9(2,3)14-10(13-7)8-5-6-12(4)11-8/h5-6H,1H2,2-4H3. The van der Waals surface area contributed by atoms with E-state index in [1.807, 2.05) is 33.2 Å². The van der Waals surface area contributed by atoms with Crippen molar-refractivity contribution < 1.29 is 9.31 Å². The molecular formula is C9H13BN2O2. The fourth-order valence-corrected chi connectivity index (χ4v) is 1.31. The van der Waals surface area contributed by atoms with Crippen molar-refractivity contribution in [2.45, 2.75) is 19.4 Å². The van der Waals surface area contributed by atoms with Crippen LogP contribution in [0, 0.1) is 0 Å². The van der Waals surface area contributed by atoms with Crippen molar-refractivity contribution in [3.63, 3.8) is 0 Å². The van der Waals surface area contributed by atoms with Crippen LogP contribution in [0.5, 0.6) is 0 Å². The Kier molecular flexibility index (Phi) is 1.92. The highest BCUT2D eigenvalue weighted by Gasteiger charge is 2.44. The minimum atomic E-state index is -0.428. The number of hydrogen-bond donors (Lipinski definition) is 0. The van der Waals surface area contributed by atoms with E-state index in [2.05, 4.69) is 11.7 Å². The summed E-state index contributed by atoms with van der Waals surface area (Å²) in [5.74, 6) is 0.646. The SMILES string of the molecule is C=C1OB(c2ccn(C)n2)OC1(C)C. The highest BCUT2D eigenvalue weighted by molar-refractivity contribution is 6.61. The van der Waals surface area contributed by atoms with E-state index >= 15 is 0 Å². The van der Waals surface area contributed by atoms with Gasteiger partial charge in [-0.1, -0.05) is 6.58 Å². The Bertz CT molecular complexity index is 373. The lowest BCUT2D eigenvalue weighted by atomic mass is 9.85. The van der Waals surface area contributed by atoms with Crippen molar-refractivity contribution in [2.24, 2.45) is 7.05 Å². The Hall–Kier alpha value is -1.23. The molecule has 0 aromatic carbocycles. The first-order valence-electron chi connectivity index (χ1n) is 4.52. The van der Waals surface area contributed by atoms with Crippen LogP contribution in [0.15, 0.2) is 24.6 Å². The third-order valence-corrected chi connectivity index (χ3v) is 2.30. The number of aromatic nitrogens is 2. The van der Waals surface area contributed by atoms with Gasteiger partial charge in [-0.2, -0.15) is 5.10 Å². The highest BCUT2D eigenvalue weighted by atomic mass is 16.7. The van der Waals surface area contributed by atoms with Crippen molar-refractivity contribution in [2.75, 3.05) is 0 Å². The second-order valence-electron chi connectivity index (χ2n) is 3.92. The van der Waals surface area contributed by atoms with E-state index in [0.717, 1.165) is 5.59 Å². The summed E-state index contributed by atoms with van der Waals surface area (Å²) < 4.78 is 12.9. The molecule has 0 bridgehead atoms. The Labute approximate surface area is 83.7 Å². The molecular weight excluding hydrogens is 179 g/mol. The third-order valence-electron chi connectivity index (χ3n) is 2.30. The smallest absolute Gasteiger partial charge is 0.533 e. The van der Waals surface area contributed by atoms with Gasteiger partial charge >= 0.3 is 7.12 Å². The maximum Gasteiger partial charge on any atom is 0.585 e. The van der Waals surface area contributed by atoms with Gasteiger partial charge in [0.2, 0.25) is 0 Å². The average molecular weight is 192 g/mol. The summed E-state index contributed by atoms with van der Waals surface area (Å²) in [4.78, 5) is 0. The molecule has 1 fully saturated rings. The van der Waals surface area contributed by atoms with E-state index in [-0.39, 0.29) is 0 Å². The Morgan fingerprint density at radius 1 is 1.57 bits per heavy atom. The van der Waals surface area contributed by atoms with Gasteiger partial charge in [0.1, 0.15) is 11.2 Å². The highest BCUT2D eigenvalue weighted by Crippen LogP contribution is 2.28. The van der Waals surface area contributed by atoms with E-state index in [4.69, 9.17) is 9.31 Å². The minimum absolute atomic E-state index is 0.418. The van der Waals surface area contributed by atoms with Crippen molar-refractivity contribution in [3.05, 3.63) is 24.6 Å². The summed E-state index contributed by atoms with van der Waals surface area (Å²) in [5, 5.41) is 4.22. The largest absolute Gasteiger partial charge is 0.585 e. The Morgan fingerprint density at radius 3 is 2.71 bits per heavy atom. The van der Waals surface area contributed by atoms with Crippen LogP contribution in [0.4, 0.5) is 0 Å². The van der Waals surface area contributed by atoms with E-state index in [1.165, 1.54) is 0 Å². The summed E-state index contributed by atoms with van der Waals surface area (Å²) >= 11 is 0. The summed E-state index contributed by atoms with van der Waals surface area (Å²) in [6.45, 7) is 7.67. The fraction of sp³-hybridized carbons (Fsp3) is 0.444. The van der Waals surface area contributed by atoms with Gasteiger partial charge in [-0.25, -0.2) is 0 Å². The molecule has 1 aliphatic rings. The second kappa shape index (κ2) is 2.88. The molecule has 0 atom stereocenters. The van der Waals surface area contributed by atoms with Crippen LogP contribution in [-0.4, -0.2) is 22.5 Å². The van der Waals surface area contributed by atoms with Crippen LogP contribution in [0.25, 0.3) is 0 Å². The molecule has 14 heavy (non-hydrogen) atoms. The molecule has 5 heteroatoms. The lowest BCUT2D eigenvalue weighted by Crippen LogP contribution is -2.35. The minimum Gasteiger partial charge on any atom is -0.533 e. The van der Waals surface area contributed by atoms with Crippen LogP contribution in [0.3, 0.4) is 0 Å². The molecule has 2 heterocycles. The average Bonchev–Trinajstić information content (AvgIpc) is 2.58. The topological polar surface area (TPSA) is 36.3 Å². The van der Waals surface area contributed by atoms with Crippen LogP contribution < -0.4 is 5.59 Å². The van der Waals surface area contributed by atoms with Gasteiger partial charge in [-0.05, 0) is 19.9 Å². The zero-order valence-electron chi connectivity index (χ0n) is 8.65. The predicted molar refractivity (Wildman–Crippen MR) is 54.0 cm³/mol. The fourth-order valence-electron chi connectivity index (χ4n) is 1.31. The van der Waals surface area contributed by atoms with Crippen LogP contribution in [0.2, 0.25) is 0 Å². The molecule has 0 spiro atoms. The van der Waals surface area contributed by atoms with Gasteiger partial charge in [0.25, 0.3) is 0 Å². The molecule has 0 saturated carbocycles. The molecule has 2 rings (SSSR count). The quantitative estimate of drug-likeness (QED) is 0.606. The molecule has 0 N–H and O–H groups in total. The lowest BCUT2D eigenvalue weighted by molar-refractivity contribution is 0.173. The summed E-state index contributed by atoms with van der Waals surface area (Å²) in [5.41, 5.74) is 0.349. The molecule has 1 aliphatic heterocycles. The Morgan fingerprint density at radius 2 is 2.29 bits per heavy atom. The molecule has 74 valence electrons. The number of rotatable bonds is 1. The molecule has 1 aromatic rings. The van der Waals surface area contributed by atoms with Crippen molar-refractivity contribution in [1.82, 2.24) is 9.78 Å². The van der Waals surface area contributed by atoms with Gasteiger partial charge in [0, 0.05) is 13.2 Å². The molecule has 1 aromatic heterocycles. The number of hydrogen-bond acceptors (Lipinski definition) is 3. The van der Waals surface area contributed by atoms with Crippen molar-refractivity contribution in [3.8, 4) is 0 Å². The van der Waals surface area contributed by atoms with Crippen molar-refractivity contribution >= 4 is 12.7 Å². The maximum absolute atomic E-state index is 5.66. The van der Waals surface area contributed by atoms with E-state index in [1.54, 1.807) is 4.68 Å². The van der Waals surface area contributed by atoms with Crippen LogP contribution >= 0.6 is 0 Å². The van der Waals surface area contributed by atoms with E-state index in [0.29, 0.717) is 5.76 Å². The van der Waals surface area contributed by atoms with Gasteiger partial charge < -0.3 is 9.31 Å². The van der Waals surface area contributed by atoms with Crippen LogP contribution in [0.1, 0.15) is 13.8 Å². The first-order chi connectivity index (χ1) is 6.49. The first-order valence-corrected chi connectivity index (χ1v) is 4.52. The second-order valence-corrected chi connectivity index (χ2v) is 3.92. The zero-order valence-corrected chi connectivity index (χ0v) is 8.65. The van der Waals surface area contributed by atoms with Gasteiger partial charge in [-0.15, -0.1) is 0 Å². The van der Waals surface area contributed by atoms with Gasteiger partial charge in [0.15, 0.2) is 0 Å². The maximum atomic E-state index is 5.66. The molecule has 0 radical (unpaired) electrons. The predicted octanol–water partition coefficient (Wildman–Crippen LogP) is 0.454. The van der Waals surface area contributed by atoms with Crippen molar-refractivity contribution in [1.29, 1.82) is 0 Å². The Balaban J connectivity index is 2.20. The molecule has 0 amide bonds. The van der Waals surface area contributed by atoms with E-state index in [9.17, 15) is 0 Å². The third kappa shape index (κ3) is 1.44. The lowest BCUT2D eigenvalue weighted by Gasteiger charge is -2.15. The number of nitrogens with zero attached hydrogens (tertiary/aromatic N) is 2. The summed E-state index contributed by atoms with van der Waals surface area (Å²) in [6, 6.07) is 1.87. The molecule has 1 saturated heterocycles. The monoisotopic (exact) mass is 192 g/mol. The zero-order chi connectivity index (χ0) is 10.3. The normalized spacial score (nSPS) is 19.9. The molecule has 4 nitrogen and oxygen atoms in total. The molecule has 0 unspecified atom stereocenters. The van der Waals surface area contributed by atoms with E-state index < -0.39 is 12.7 Å². The van der Waals surface area contributed by atoms with Crippen LogP contribution in [-0.2, 0) is 16.4 Å². The summed E-state index contributed by atoms with van der Waals surface area (Å²) in [6.07, 6.45) is 1.86.